The normalized spacial score (nSPS) is 11.5. The molecular formula is C22H21N3O4. The van der Waals surface area contributed by atoms with E-state index in [1.54, 1.807) is 19.2 Å². The summed E-state index contributed by atoms with van der Waals surface area (Å²) >= 11 is 0. The van der Waals surface area contributed by atoms with Crippen LogP contribution in [0.25, 0.3) is 0 Å². The minimum Gasteiger partial charge on any atom is -0.487 e. The lowest BCUT2D eigenvalue weighted by Crippen LogP contribution is -2.27. The summed E-state index contributed by atoms with van der Waals surface area (Å²) in [6.45, 7) is 3.77. The molecule has 1 N–H and O–H groups in total. The van der Waals surface area contributed by atoms with Crippen LogP contribution in [-0.4, -0.2) is 15.8 Å². The van der Waals surface area contributed by atoms with Crippen molar-refractivity contribution in [2.45, 2.75) is 26.5 Å². The molecule has 0 aliphatic carbocycles. The van der Waals surface area contributed by atoms with Gasteiger partial charge in [0.1, 0.15) is 12.4 Å². The standard InChI is InChI=1S/C22H21N3O4/c1-15-20(10-6-11-21(15)25(27)28)22(26)24-16(2)17-7-5-9-19(13-17)29-14-18-8-3-4-12-23-18/h3-13,16H,14H2,1-2H3,(H,24,26)/t16-/m1/s1. The van der Waals surface area contributed by atoms with Gasteiger partial charge < -0.3 is 10.1 Å². The van der Waals surface area contributed by atoms with Gasteiger partial charge in [0, 0.05) is 23.4 Å². The molecule has 0 spiro atoms. The summed E-state index contributed by atoms with van der Waals surface area (Å²) < 4.78 is 5.78. The third-order valence-corrected chi connectivity index (χ3v) is 4.57. The van der Waals surface area contributed by atoms with Crippen molar-refractivity contribution in [1.82, 2.24) is 10.3 Å². The van der Waals surface area contributed by atoms with E-state index in [-0.39, 0.29) is 23.2 Å². The van der Waals surface area contributed by atoms with Crippen molar-refractivity contribution >= 4 is 11.6 Å². The van der Waals surface area contributed by atoms with Gasteiger partial charge in [0.25, 0.3) is 11.6 Å². The van der Waals surface area contributed by atoms with E-state index >= 15 is 0 Å². The van der Waals surface area contributed by atoms with Crippen molar-refractivity contribution in [3.8, 4) is 5.75 Å². The van der Waals surface area contributed by atoms with E-state index in [1.807, 2.05) is 49.4 Å². The highest BCUT2D eigenvalue weighted by atomic mass is 16.6. The summed E-state index contributed by atoms with van der Waals surface area (Å²) in [4.78, 5) is 27.5. The second-order valence-electron chi connectivity index (χ2n) is 6.58. The fourth-order valence-electron chi connectivity index (χ4n) is 2.94. The van der Waals surface area contributed by atoms with Gasteiger partial charge in [0.05, 0.1) is 16.7 Å². The molecule has 2 aromatic carbocycles. The lowest BCUT2D eigenvalue weighted by atomic mass is 10.0. The summed E-state index contributed by atoms with van der Waals surface area (Å²) in [6.07, 6.45) is 1.71. The van der Waals surface area contributed by atoms with E-state index in [4.69, 9.17) is 4.74 Å². The monoisotopic (exact) mass is 391 g/mol. The maximum atomic E-state index is 12.6. The summed E-state index contributed by atoms with van der Waals surface area (Å²) in [5, 5.41) is 14.0. The minimum atomic E-state index is -0.488. The molecule has 0 aliphatic rings. The van der Waals surface area contributed by atoms with Crippen LogP contribution in [0, 0.1) is 17.0 Å². The number of carbonyl (C=O) groups excluding carboxylic acids is 1. The highest BCUT2D eigenvalue weighted by Crippen LogP contribution is 2.23. The molecule has 3 aromatic rings. The first-order chi connectivity index (χ1) is 14.0. The summed E-state index contributed by atoms with van der Waals surface area (Å²) in [6, 6.07) is 17.2. The van der Waals surface area contributed by atoms with Gasteiger partial charge >= 0.3 is 0 Å². The van der Waals surface area contributed by atoms with Crippen LogP contribution in [0.1, 0.15) is 40.1 Å². The van der Waals surface area contributed by atoms with Crippen molar-refractivity contribution in [3.05, 3.63) is 99.4 Å². The smallest absolute Gasteiger partial charge is 0.273 e. The number of nitrogens with zero attached hydrogens (tertiary/aromatic N) is 2. The maximum Gasteiger partial charge on any atom is 0.273 e. The van der Waals surface area contributed by atoms with Crippen LogP contribution < -0.4 is 10.1 Å². The first-order valence-electron chi connectivity index (χ1n) is 9.13. The van der Waals surface area contributed by atoms with Crippen LogP contribution in [-0.2, 0) is 6.61 Å². The lowest BCUT2D eigenvalue weighted by Gasteiger charge is -2.16. The largest absolute Gasteiger partial charge is 0.487 e. The highest BCUT2D eigenvalue weighted by molar-refractivity contribution is 5.96. The quantitative estimate of drug-likeness (QED) is 0.477. The molecule has 0 saturated heterocycles. The van der Waals surface area contributed by atoms with Crippen molar-refractivity contribution in [3.63, 3.8) is 0 Å². The number of hydrogen-bond donors (Lipinski definition) is 1. The predicted octanol–water partition coefficient (Wildman–Crippen LogP) is 4.37. The molecule has 1 amide bonds. The molecular weight excluding hydrogens is 370 g/mol. The Morgan fingerprint density at radius 3 is 2.69 bits per heavy atom. The van der Waals surface area contributed by atoms with Gasteiger partial charge in [0.2, 0.25) is 0 Å². The average Bonchev–Trinajstić information content (AvgIpc) is 2.73. The fraction of sp³-hybridized carbons (Fsp3) is 0.182. The molecule has 29 heavy (non-hydrogen) atoms. The van der Waals surface area contributed by atoms with Crippen LogP contribution in [0.4, 0.5) is 5.69 Å². The molecule has 148 valence electrons. The Hall–Kier alpha value is -3.74. The number of rotatable bonds is 7. The van der Waals surface area contributed by atoms with Crippen LogP contribution in [0.2, 0.25) is 0 Å². The third kappa shape index (κ3) is 4.95. The fourth-order valence-corrected chi connectivity index (χ4v) is 2.94. The lowest BCUT2D eigenvalue weighted by molar-refractivity contribution is -0.385. The maximum absolute atomic E-state index is 12.6. The predicted molar refractivity (Wildman–Crippen MR) is 109 cm³/mol. The van der Waals surface area contributed by atoms with Crippen LogP contribution in [0.15, 0.2) is 66.9 Å². The summed E-state index contributed by atoms with van der Waals surface area (Å²) in [5.74, 6) is 0.305. The molecule has 0 aliphatic heterocycles. The SMILES string of the molecule is Cc1c(C(=O)N[C@H](C)c2cccc(OCc3ccccn3)c2)cccc1[N+](=O)[O-]. The van der Waals surface area contributed by atoms with Crippen molar-refractivity contribution < 1.29 is 14.5 Å². The van der Waals surface area contributed by atoms with E-state index in [9.17, 15) is 14.9 Å². The second-order valence-corrected chi connectivity index (χ2v) is 6.58. The number of benzene rings is 2. The van der Waals surface area contributed by atoms with Crippen LogP contribution in [0.5, 0.6) is 5.75 Å². The average molecular weight is 391 g/mol. The van der Waals surface area contributed by atoms with E-state index in [0.29, 0.717) is 17.9 Å². The first kappa shape index (κ1) is 20.0. The number of nitrogens with one attached hydrogen (secondary N) is 1. The van der Waals surface area contributed by atoms with Gasteiger partial charge in [0.15, 0.2) is 0 Å². The zero-order valence-electron chi connectivity index (χ0n) is 16.2. The Morgan fingerprint density at radius 1 is 1.17 bits per heavy atom. The van der Waals surface area contributed by atoms with Crippen LogP contribution in [0.3, 0.4) is 0 Å². The number of nitro benzene ring substituents is 1. The Labute approximate surface area is 168 Å². The molecule has 7 heteroatoms. The van der Waals surface area contributed by atoms with Gasteiger partial charge in [-0.25, -0.2) is 0 Å². The molecule has 1 atom stereocenters. The van der Waals surface area contributed by atoms with Gasteiger partial charge in [-0.1, -0.05) is 24.3 Å². The molecule has 7 nitrogen and oxygen atoms in total. The molecule has 0 saturated carbocycles. The van der Waals surface area contributed by atoms with Gasteiger partial charge in [-0.15, -0.1) is 0 Å². The number of carbonyl (C=O) groups is 1. The van der Waals surface area contributed by atoms with Gasteiger partial charge in [-0.05, 0) is 49.7 Å². The topological polar surface area (TPSA) is 94.4 Å². The van der Waals surface area contributed by atoms with Crippen molar-refractivity contribution in [2.75, 3.05) is 0 Å². The van der Waals surface area contributed by atoms with E-state index in [2.05, 4.69) is 10.3 Å². The first-order valence-corrected chi connectivity index (χ1v) is 9.13. The van der Waals surface area contributed by atoms with E-state index in [1.165, 1.54) is 12.1 Å². The molecule has 0 bridgehead atoms. The number of nitro groups is 1. The Balaban J connectivity index is 1.69. The molecule has 0 fully saturated rings. The number of ether oxygens (including phenoxy) is 1. The zero-order valence-corrected chi connectivity index (χ0v) is 16.2. The minimum absolute atomic E-state index is 0.0739. The Morgan fingerprint density at radius 2 is 1.97 bits per heavy atom. The molecule has 1 heterocycles. The Bertz CT molecular complexity index is 1020. The van der Waals surface area contributed by atoms with Gasteiger partial charge in [-0.3, -0.25) is 19.9 Å². The number of pyridine rings is 1. The molecule has 0 radical (unpaired) electrons. The highest BCUT2D eigenvalue weighted by Gasteiger charge is 2.19. The number of aromatic nitrogens is 1. The molecule has 0 unspecified atom stereocenters. The molecule has 3 rings (SSSR count). The Kier molecular flexibility index (Phi) is 6.19. The second kappa shape index (κ2) is 8.97. The zero-order chi connectivity index (χ0) is 20.8. The van der Waals surface area contributed by atoms with Gasteiger partial charge in [-0.2, -0.15) is 0 Å². The summed E-state index contributed by atoms with van der Waals surface area (Å²) in [7, 11) is 0. The number of hydrogen-bond acceptors (Lipinski definition) is 5. The number of amides is 1. The summed E-state index contributed by atoms with van der Waals surface area (Å²) in [5.41, 5.74) is 2.24. The van der Waals surface area contributed by atoms with E-state index in [0.717, 1.165) is 11.3 Å². The van der Waals surface area contributed by atoms with Crippen LogP contribution >= 0.6 is 0 Å². The van der Waals surface area contributed by atoms with Crippen molar-refractivity contribution in [1.29, 1.82) is 0 Å². The van der Waals surface area contributed by atoms with Crippen molar-refractivity contribution in [2.24, 2.45) is 0 Å². The van der Waals surface area contributed by atoms with E-state index < -0.39 is 4.92 Å². The molecule has 1 aromatic heterocycles. The third-order valence-electron chi connectivity index (χ3n) is 4.57.